The van der Waals surface area contributed by atoms with Crippen LogP contribution < -0.4 is 10.1 Å². The molecule has 0 fully saturated rings. The van der Waals surface area contributed by atoms with Crippen molar-refractivity contribution in [2.24, 2.45) is 0 Å². The molecule has 0 spiro atoms. The molecule has 5 rings (SSSR count). The predicted octanol–water partition coefficient (Wildman–Crippen LogP) is 3.71. The summed E-state index contributed by atoms with van der Waals surface area (Å²) < 4.78 is 47.5. The summed E-state index contributed by atoms with van der Waals surface area (Å²) in [5.41, 5.74) is -0.347. The number of carbonyl (C=O) groups excluding carboxylic acids is 1. The first-order valence-electron chi connectivity index (χ1n) is 10.6. The number of alkyl halides is 3. The normalized spacial score (nSPS) is 15.2. The minimum Gasteiger partial charge on any atom is -0.479 e. The van der Waals surface area contributed by atoms with Gasteiger partial charge in [0.15, 0.2) is 11.6 Å². The van der Waals surface area contributed by atoms with Crippen molar-refractivity contribution in [3.8, 4) is 23.2 Å². The zero-order valence-electron chi connectivity index (χ0n) is 18.6. The van der Waals surface area contributed by atoms with E-state index >= 15 is 0 Å². The molecule has 4 aromatic rings. The summed E-state index contributed by atoms with van der Waals surface area (Å²) >= 11 is 0. The number of hydrogen-bond donors (Lipinski definition) is 1. The summed E-state index contributed by atoms with van der Waals surface area (Å²) in [4.78, 5) is 21.4. The molecular weight excluding hydrogens is 465 g/mol. The average Bonchev–Trinajstić information content (AvgIpc) is 3.55. The van der Waals surface area contributed by atoms with E-state index in [4.69, 9.17) is 4.74 Å². The summed E-state index contributed by atoms with van der Waals surface area (Å²) in [6, 6.07) is 7.04. The van der Waals surface area contributed by atoms with Crippen LogP contribution in [0.1, 0.15) is 41.1 Å². The van der Waals surface area contributed by atoms with Crippen LogP contribution in [-0.2, 0) is 12.6 Å². The number of rotatable bonds is 5. The third-order valence-electron chi connectivity index (χ3n) is 5.64. The molecule has 0 bridgehead atoms. The lowest BCUT2D eigenvalue weighted by Gasteiger charge is -2.10. The summed E-state index contributed by atoms with van der Waals surface area (Å²) in [5, 5.41) is 15.2. The lowest BCUT2D eigenvalue weighted by atomic mass is 10.2. The molecule has 1 amide bonds. The molecule has 10 nitrogen and oxygen atoms in total. The second-order valence-electron chi connectivity index (χ2n) is 7.96. The fraction of sp³-hybridized carbons (Fsp3) is 0.273. The SMILES string of the molecule is COc1nn(-c2cc(C(F)(F)F)ccn2)cc1C(=O)Nc1cccc(-c2nnc3n2[C@@H](C)CC3)n1. The summed E-state index contributed by atoms with van der Waals surface area (Å²) in [7, 11) is 1.30. The quantitative estimate of drug-likeness (QED) is 0.460. The summed E-state index contributed by atoms with van der Waals surface area (Å²) in [5.74, 6) is 0.951. The Balaban J connectivity index is 1.42. The number of pyridine rings is 2. The molecule has 13 heteroatoms. The number of carbonyl (C=O) groups is 1. The number of fused-ring (bicyclic) bond motifs is 1. The van der Waals surface area contributed by atoms with Gasteiger partial charge in [-0.05, 0) is 37.6 Å². The number of methoxy groups -OCH3 is 1. The van der Waals surface area contributed by atoms with Crippen molar-refractivity contribution in [1.29, 1.82) is 0 Å². The predicted molar refractivity (Wildman–Crippen MR) is 117 cm³/mol. The van der Waals surface area contributed by atoms with Gasteiger partial charge < -0.3 is 14.6 Å². The van der Waals surface area contributed by atoms with Crippen molar-refractivity contribution < 1.29 is 22.7 Å². The van der Waals surface area contributed by atoms with E-state index in [-0.39, 0.29) is 29.1 Å². The van der Waals surface area contributed by atoms with Crippen molar-refractivity contribution in [2.45, 2.75) is 32.0 Å². The number of aryl methyl sites for hydroxylation is 1. The van der Waals surface area contributed by atoms with Crippen LogP contribution in [0, 0.1) is 0 Å². The van der Waals surface area contributed by atoms with E-state index in [1.165, 1.54) is 13.3 Å². The lowest BCUT2D eigenvalue weighted by molar-refractivity contribution is -0.137. The monoisotopic (exact) mass is 484 g/mol. The average molecular weight is 484 g/mol. The number of anilines is 1. The maximum absolute atomic E-state index is 13.1. The zero-order valence-corrected chi connectivity index (χ0v) is 18.6. The van der Waals surface area contributed by atoms with Crippen molar-refractivity contribution in [1.82, 2.24) is 34.5 Å². The van der Waals surface area contributed by atoms with Crippen LogP contribution in [0.5, 0.6) is 5.88 Å². The number of hydrogen-bond acceptors (Lipinski definition) is 7. The lowest BCUT2D eigenvalue weighted by Crippen LogP contribution is -2.14. The number of nitrogens with zero attached hydrogens (tertiary/aromatic N) is 7. The Kier molecular flexibility index (Phi) is 5.46. The number of ether oxygens (including phenoxy) is 1. The van der Waals surface area contributed by atoms with Crippen molar-refractivity contribution in [3.63, 3.8) is 0 Å². The molecule has 35 heavy (non-hydrogen) atoms. The highest BCUT2D eigenvalue weighted by Crippen LogP contribution is 2.31. The minimum atomic E-state index is -4.55. The molecule has 0 saturated heterocycles. The van der Waals surface area contributed by atoms with Crippen LogP contribution in [0.2, 0.25) is 0 Å². The number of nitrogens with one attached hydrogen (secondary N) is 1. The highest BCUT2D eigenvalue weighted by atomic mass is 19.4. The van der Waals surface area contributed by atoms with Gasteiger partial charge in [-0.1, -0.05) is 6.07 Å². The first-order valence-corrected chi connectivity index (χ1v) is 10.6. The van der Waals surface area contributed by atoms with E-state index in [2.05, 4.69) is 37.5 Å². The first-order chi connectivity index (χ1) is 16.7. The van der Waals surface area contributed by atoms with Gasteiger partial charge in [-0.2, -0.15) is 13.2 Å². The van der Waals surface area contributed by atoms with E-state index in [0.29, 0.717) is 11.5 Å². The Morgan fingerprint density at radius 3 is 2.83 bits per heavy atom. The Morgan fingerprint density at radius 1 is 1.23 bits per heavy atom. The fourth-order valence-electron chi connectivity index (χ4n) is 3.91. The maximum Gasteiger partial charge on any atom is 0.416 e. The molecule has 0 aromatic carbocycles. The fourth-order valence-corrected chi connectivity index (χ4v) is 3.91. The highest BCUT2D eigenvalue weighted by Gasteiger charge is 2.31. The molecule has 5 heterocycles. The Labute approximate surface area is 196 Å². The number of halogens is 3. The largest absolute Gasteiger partial charge is 0.479 e. The summed E-state index contributed by atoms with van der Waals surface area (Å²) in [6.45, 7) is 2.08. The van der Waals surface area contributed by atoms with Gasteiger partial charge in [0.2, 0.25) is 5.88 Å². The molecular formula is C22H19F3N8O2. The van der Waals surface area contributed by atoms with Crippen LogP contribution in [0.15, 0.2) is 42.7 Å². The molecule has 1 N–H and O–H groups in total. The molecule has 4 aromatic heterocycles. The number of amides is 1. The third-order valence-corrected chi connectivity index (χ3v) is 5.64. The summed E-state index contributed by atoms with van der Waals surface area (Å²) in [6.07, 6.45) is -0.473. The van der Waals surface area contributed by atoms with Crippen molar-refractivity contribution >= 4 is 11.7 Å². The van der Waals surface area contributed by atoms with E-state index in [1.807, 2.05) is 4.57 Å². The second kappa shape index (κ2) is 8.49. The van der Waals surface area contributed by atoms with Crippen LogP contribution in [-0.4, -0.2) is 47.5 Å². The van der Waals surface area contributed by atoms with Gasteiger partial charge in [-0.25, -0.2) is 14.6 Å². The van der Waals surface area contributed by atoms with Gasteiger partial charge in [0.25, 0.3) is 5.91 Å². The van der Waals surface area contributed by atoms with E-state index in [0.717, 1.165) is 41.7 Å². The molecule has 0 unspecified atom stereocenters. The van der Waals surface area contributed by atoms with Crippen LogP contribution in [0.4, 0.5) is 19.0 Å². The molecule has 0 saturated carbocycles. The van der Waals surface area contributed by atoms with Gasteiger partial charge in [0.1, 0.15) is 22.9 Å². The Bertz CT molecular complexity index is 1410. The van der Waals surface area contributed by atoms with Gasteiger partial charge in [-0.3, -0.25) is 4.79 Å². The topological polar surface area (TPSA) is 113 Å². The van der Waals surface area contributed by atoms with Crippen LogP contribution in [0.25, 0.3) is 17.3 Å². The van der Waals surface area contributed by atoms with Gasteiger partial charge in [0, 0.05) is 24.9 Å². The maximum atomic E-state index is 13.1. The Hall–Kier alpha value is -4.29. The molecule has 180 valence electrons. The highest BCUT2D eigenvalue weighted by molar-refractivity contribution is 6.05. The standard InChI is InChI=1S/C22H19F3N8O2/c1-12-6-7-17-29-30-19(33(12)17)15-4-3-5-16(27-15)28-20(34)14-11-32(31-21(14)35-2)18-10-13(8-9-26-18)22(23,24)25/h3-5,8-12H,6-7H2,1-2H3,(H,27,28,34)/t12-/m0/s1. The smallest absolute Gasteiger partial charge is 0.416 e. The van der Waals surface area contributed by atoms with Crippen LogP contribution >= 0.6 is 0 Å². The minimum absolute atomic E-state index is 0.00379. The van der Waals surface area contributed by atoms with Crippen LogP contribution in [0.3, 0.4) is 0 Å². The first kappa shape index (κ1) is 22.5. The molecule has 1 aliphatic heterocycles. The molecule has 0 radical (unpaired) electrons. The van der Waals surface area contributed by atoms with Crippen molar-refractivity contribution in [2.75, 3.05) is 12.4 Å². The van der Waals surface area contributed by atoms with E-state index in [9.17, 15) is 18.0 Å². The molecule has 1 aliphatic rings. The van der Waals surface area contributed by atoms with E-state index < -0.39 is 17.6 Å². The van der Waals surface area contributed by atoms with E-state index in [1.54, 1.807) is 18.2 Å². The zero-order chi connectivity index (χ0) is 24.7. The molecule has 0 aliphatic carbocycles. The Morgan fingerprint density at radius 2 is 2.06 bits per heavy atom. The van der Waals surface area contributed by atoms with Crippen molar-refractivity contribution in [3.05, 3.63) is 59.7 Å². The third kappa shape index (κ3) is 4.20. The van der Waals surface area contributed by atoms with Gasteiger partial charge in [0.05, 0.1) is 12.7 Å². The van der Waals surface area contributed by atoms with Gasteiger partial charge in [-0.15, -0.1) is 15.3 Å². The van der Waals surface area contributed by atoms with Gasteiger partial charge >= 0.3 is 6.18 Å². The number of aromatic nitrogens is 7. The molecule has 1 atom stereocenters. The second-order valence-corrected chi connectivity index (χ2v) is 7.96.